The van der Waals surface area contributed by atoms with Gasteiger partial charge in [0.1, 0.15) is 5.69 Å². The maximum Gasteiger partial charge on any atom is 0.278 e. The molecule has 0 aliphatic carbocycles. The predicted molar refractivity (Wildman–Crippen MR) is 81.1 cm³/mol. The lowest BCUT2D eigenvalue weighted by Crippen LogP contribution is -2.44. The summed E-state index contributed by atoms with van der Waals surface area (Å²) in [4.78, 5) is 15.6. The van der Waals surface area contributed by atoms with Crippen molar-refractivity contribution >= 4 is 11.0 Å². The first kappa shape index (κ1) is 13.3. The van der Waals surface area contributed by atoms with Gasteiger partial charge in [0.15, 0.2) is 5.82 Å². The molecule has 2 aromatic heterocycles. The number of fused-ring (bicyclic) bond motifs is 1. The van der Waals surface area contributed by atoms with Gasteiger partial charge < -0.3 is 9.84 Å². The van der Waals surface area contributed by atoms with E-state index in [2.05, 4.69) is 37.4 Å². The summed E-state index contributed by atoms with van der Waals surface area (Å²) in [5, 5.41) is 7.46. The standard InChI is InChI=1S/C15H16N6O/c1-21-7-6-16-9-13(21)14-19-15(22-20-14)12-8-17-10-4-2-3-5-11(10)18-12/h2-5,8,13,16H,6-7,9H2,1H3. The fourth-order valence-corrected chi connectivity index (χ4v) is 2.63. The third kappa shape index (κ3) is 2.34. The molecule has 0 amide bonds. The first-order chi connectivity index (χ1) is 10.8. The molecule has 3 heterocycles. The molecule has 1 aliphatic heterocycles. The molecule has 1 atom stereocenters. The Bertz CT molecular complexity index is 801. The van der Waals surface area contributed by atoms with E-state index in [4.69, 9.17) is 4.52 Å². The van der Waals surface area contributed by atoms with Crippen molar-refractivity contribution in [1.82, 2.24) is 30.3 Å². The number of piperazine rings is 1. The summed E-state index contributed by atoms with van der Waals surface area (Å²) in [6.07, 6.45) is 1.67. The van der Waals surface area contributed by atoms with Crippen LogP contribution in [0.5, 0.6) is 0 Å². The molecule has 22 heavy (non-hydrogen) atoms. The number of likely N-dealkylation sites (N-methyl/N-ethyl adjacent to an activating group) is 1. The molecule has 4 rings (SSSR count). The number of nitrogens with zero attached hydrogens (tertiary/aromatic N) is 5. The summed E-state index contributed by atoms with van der Waals surface area (Å²) in [7, 11) is 2.07. The smallest absolute Gasteiger partial charge is 0.278 e. The molecule has 1 saturated heterocycles. The van der Waals surface area contributed by atoms with Gasteiger partial charge in [0, 0.05) is 19.6 Å². The largest absolute Gasteiger partial charge is 0.332 e. The predicted octanol–water partition coefficient (Wildman–Crippen LogP) is 1.26. The zero-order chi connectivity index (χ0) is 14.9. The fraction of sp³-hybridized carbons (Fsp3) is 0.333. The van der Waals surface area contributed by atoms with E-state index in [1.165, 1.54) is 0 Å². The van der Waals surface area contributed by atoms with E-state index in [0.717, 1.165) is 30.7 Å². The maximum absolute atomic E-state index is 5.38. The molecular formula is C15H16N6O. The van der Waals surface area contributed by atoms with Crippen molar-refractivity contribution in [3.63, 3.8) is 0 Å². The van der Waals surface area contributed by atoms with Crippen molar-refractivity contribution in [2.45, 2.75) is 6.04 Å². The minimum atomic E-state index is 0.125. The van der Waals surface area contributed by atoms with Crippen molar-refractivity contribution in [2.24, 2.45) is 0 Å². The van der Waals surface area contributed by atoms with Crippen molar-refractivity contribution in [2.75, 3.05) is 26.7 Å². The number of benzene rings is 1. The highest BCUT2D eigenvalue weighted by molar-refractivity contribution is 5.75. The van der Waals surface area contributed by atoms with Crippen LogP contribution in [0.4, 0.5) is 0 Å². The van der Waals surface area contributed by atoms with Gasteiger partial charge in [-0.1, -0.05) is 17.3 Å². The minimum Gasteiger partial charge on any atom is -0.332 e. The lowest BCUT2D eigenvalue weighted by atomic mass is 10.2. The van der Waals surface area contributed by atoms with Crippen molar-refractivity contribution in [3.05, 3.63) is 36.3 Å². The Hall–Kier alpha value is -2.38. The summed E-state index contributed by atoms with van der Waals surface area (Å²) < 4.78 is 5.38. The molecule has 1 fully saturated rings. The van der Waals surface area contributed by atoms with E-state index in [0.29, 0.717) is 17.4 Å². The van der Waals surface area contributed by atoms with Gasteiger partial charge in [0.05, 0.1) is 23.3 Å². The zero-order valence-corrected chi connectivity index (χ0v) is 12.2. The Morgan fingerprint density at radius 2 is 2.09 bits per heavy atom. The summed E-state index contributed by atoms with van der Waals surface area (Å²) in [5.74, 6) is 1.09. The Kier molecular flexibility index (Phi) is 3.28. The average molecular weight is 296 g/mol. The van der Waals surface area contributed by atoms with E-state index in [1.54, 1.807) is 6.20 Å². The van der Waals surface area contributed by atoms with Crippen LogP contribution in [0.1, 0.15) is 11.9 Å². The quantitative estimate of drug-likeness (QED) is 0.762. The molecule has 3 aromatic rings. The number of nitrogens with one attached hydrogen (secondary N) is 1. The lowest BCUT2D eigenvalue weighted by molar-refractivity contribution is 0.190. The SMILES string of the molecule is CN1CCNCC1c1noc(-c2cnc3ccccc3n2)n1. The Morgan fingerprint density at radius 3 is 2.95 bits per heavy atom. The van der Waals surface area contributed by atoms with Crippen LogP contribution in [-0.2, 0) is 0 Å². The zero-order valence-electron chi connectivity index (χ0n) is 12.2. The van der Waals surface area contributed by atoms with E-state index in [1.807, 2.05) is 24.3 Å². The molecule has 0 bridgehead atoms. The Balaban J connectivity index is 1.67. The molecule has 112 valence electrons. The van der Waals surface area contributed by atoms with Crippen molar-refractivity contribution in [3.8, 4) is 11.6 Å². The maximum atomic E-state index is 5.38. The van der Waals surface area contributed by atoms with Crippen LogP contribution in [0.25, 0.3) is 22.6 Å². The van der Waals surface area contributed by atoms with E-state index in [9.17, 15) is 0 Å². The van der Waals surface area contributed by atoms with Gasteiger partial charge in [-0.25, -0.2) is 4.98 Å². The van der Waals surface area contributed by atoms with E-state index < -0.39 is 0 Å². The molecule has 7 heteroatoms. The van der Waals surface area contributed by atoms with Gasteiger partial charge in [-0.05, 0) is 19.2 Å². The Morgan fingerprint density at radius 1 is 1.23 bits per heavy atom. The van der Waals surface area contributed by atoms with Crippen LogP contribution in [0, 0.1) is 0 Å². The Labute approximate surface area is 127 Å². The molecule has 7 nitrogen and oxygen atoms in total. The van der Waals surface area contributed by atoms with Crippen molar-refractivity contribution < 1.29 is 4.52 Å². The van der Waals surface area contributed by atoms with Gasteiger partial charge in [-0.15, -0.1) is 0 Å². The summed E-state index contributed by atoms with van der Waals surface area (Å²) in [5.41, 5.74) is 2.27. The number of para-hydroxylation sites is 2. The van der Waals surface area contributed by atoms with Crippen LogP contribution in [0.3, 0.4) is 0 Å². The lowest BCUT2D eigenvalue weighted by Gasteiger charge is -2.30. The molecule has 1 aromatic carbocycles. The van der Waals surface area contributed by atoms with E-state index >= 15 is 0 Å². The van der Waals surface area contributed by atoms with Crippen LogP contribution in [-0.4, -0.2) is 51.7 Å². The summed E-state index contributed by atoms with van der Waals surface area (Å²) in [6, 6.07) is 7.84. The van der Waals surface area contributed by atoms with Crippen LogP contribution >= 0.6 is 0 Å². The molecule has 1 N–H and O–H groups in total. The molecule has 0 spiro atoms. The third-order valence-corrected chi connectivity index (χ3v) is 3.92. The average Bonchev–Trinajstić information content (AvgIpc) is 3.04. The molecule has 1 aliphatic rings. The van der Waals surface area contributed by atoms with Crippen LogP contribution < -0.4 is 5.32 Å². The highest BCUT2D eigenvalue weighted by atomic mass is 16.5. The second kappa shape index (κ2) is 5.43. The highest BCUT2D eigenvalue weighted by Gasteiger charge is 2.25. The number of hydrogen-bond acceptors (Lipinski definition) is 7. The van der Waals surface area contributed by atoms with Gasteiger partial charge in [-0.2, -0.15) is 4.98 Å². The monoisotopic (exact) mass is 296 g/mol. The first-order valence-corrected chi connectivity index (χ1v) is 7.28. The van der Waals surface area contributed by atoms with Crippen LogP contribution in [0.15, 0.2) is 35.0 Å². The molecule has 0 radical (unpaired) electrons. The number of aromatic nitrogens is 4. The van der Waals surface area contributed by atoms with E-state index in [-0.39, 0.29) is 6.04 Å². The summed E-state index contributed by atoms with van der Waals surface area (Å²) in [6.45, 7) is 2.76. The normalized spacial score (nSPS) is 19.6. The number of hydrogen-bond donors (Lipinski definition) is 1. The van der Waals surface area contributed by atoms with Crippen molar-refractivity contribution in [1.29, 1.82) is 0 Å². The summed E-state index contributed by atoms with van der Waals surface area (Å²) >= 11 is 0. The van der Waals surface area contributed by atoms with Crippen LogP contribution in [0.2, 0.25) is 0 Å². The van der Waals surface area contributed by atoms with Gasteiger partial charge >= 0.3 is 0 Å². The second-order valence-corrected chi connectivity index (χ2v) is 5.40. The van der Waals surface area contributed by atoms with Gasteiger partial charge in [0.2, 0.25) is 0 Å². The molecular weight excluding hydrogens is 280 g/mol. The first-order valence-electron chi connectivity index (χ1n) is 7.28. The molecule has 0 saturated carbocycles. The molecule has 1 unspecified atom stereocenters. The topological polar surface area (TPSA) is 80.0 Å². The fourth-order valence-electron chi connectivity index (χ4n) is 2.63. The third-order valence-electron chi connectivity index (χ3n) is 3.92. The minimum absolute atomic E-state index is 0.125. The second-order valence-electron chi connectivity index (χ2n) is 5.40. The number of rotatable bonds is 2. The van der Waals surface area contributed by atoms with Gasteiger partial charge in [0.25, 0.3) is 5.89 Å². The van der Waals surface area contributed by atoms with Gasteiger partial charge in [-0.3, -0.25) is 9.88 Å². The highest BCUT2D eigenvalue weighted by Crippen LogP contribution is 2.22.